The van der Waals surface area contributed by atoms with Crippen molar-refractivity contribution in [1.29, 1.82) is 0 Å². The topological polar surface area (TPSA) is 17.1 Å². The van der Waals surface area contributed by atoms with Crippen molar-refractivity contribution in [3.63, 3.8) is 0 Å². The first kappa shape index (κ1) is 6.60. The first-order valence-corrected chi connectivity index (χ1v) is 6.03. The van der Waals surface area contributed by atoms with E-state index in [0.29, 0.717) is 0 Å². The molecule has 0 rings (SSSR count). The molecule has 0 bridgehead atoms. The molecular weight excluding hydrogens is 183 g/mol. The Morgan fingerprint density at radius 2 is 2.33 bits per heavy atom. The fraction of sp³-hybridized carbons (Fsp3) is 1.00. The van der Waals surface area contributed by atoms with E-state index in [1.807, 2.05) is 0 Å². The summed E-state index contributed by atoms with van der Waals surface area (Å²) in [6.45, 7) is 2.12. The Hall–Kier alpha value is 0.599. The van der Waals surface area contributed by atoms with Gasteiger partial charge in [-0.2, -0.15) is 0 Å². The van der Waals surface area contributed by atoms with E-state index in [9.17, 15) is 3.08 Å². The standard InChI is InChI=1S/C4H9.O.Sn.H/c1-3-4-2;;;/h1,3-4H2,2H3;;;. The van der Waals surface area contributed by atoms with Crippen LogP contribution in [0.5, 0.6) is 0 Å². The van der Waals surface area contributed by atoms with Crippen molar-refractivity contribution in [3.05, 3.63) is 0 Å². The second-order valence-electron chi connectivity index (χ2n) is 1.31. The van der Waals surface area contributed by atoms with E-state index in [2.05, 4.69) is 6.92 Å². The van der Waals surface area contributed by atoms with Gasteiger partial charge in [0.15, 0.2) is 0 Å². The molecule has 1 nitrogen and oxygen atoms in total. The molecule has 6 heavy (non-hydrogen) atoms. The van der Waals surface area contributed by atoms with Gasteiger partial charge in [-0.1, -0.05) is 0 Å². The van der Waals surface area contributed by atoms with E-state index in [1.165, 1.54) is 12.8 Å². The van der Waals surface area contributed by atoms with Gasteiger partial charge in [0.25, 0.3) is 0 Å². The maximum atomic E-state index is 9.88. The van der Waals surface area contributed by atoms with Crippen molar-refractivity contribution in [2.45, 2.75) is 24.2 Å². The molecule has 2 heteroatoms. The van der Waals surface area contributed by atoms with Crippen LogP contribution < -0.4 is 0 Å². The third-order valence-electron chi connectivity index (χ3n) is 0.676. The zero-order chi connectivity index (χ0) is 4.83. The van der Waals surface area contributed by atoms with Crippen molar-refractivity contribution in [2.24, 2.45) is 0 Å². The molecule has 0 saturated carbocycles. The van der Waals surface area contributed by atoms with Crippen molar-refractivity contribution >= 4 is 21.1 Å². The maximum absolute atomic E-state index is 9.88. The first-order chi connectivity index (χ1) is 2.91. The average molecular weight is 193 g/mol. The van der Waals surface area contributed by atoms with E-state index in [-0.39, 0.29) is 0 Å². The number of rotatable bonds is 3. The van der Waals surface area contributed by atoms with Crippen LogP contribution in [0.3, 0.4) is 0 Å². The van der Waals surface area contributed by atoms with Gasteiger partial charge in [0.05, 0.1) is 0 Å². The van der Waals surface area contributed by atoms with Gasteiger partial charge in [-0.15, -0.1) is 0 Å². The Labute approximate surface area is 48.7 Å². The molecule has 0 atom stereocenters. The molecule has 0 fully saturated rings. The van der Waals surface area contributed by atoms with Crippen LogP contribution in [0.1, 0.15) is 19.8 Å². The molecule has 36 valence electrons. The van der Waals surface area contributed by atoms with Crippen LogP contribution >= 0.6 is 0 Å². The molecule has 0 radical (unpaired) electrons. The van der Waals surface area contributed by atoms with Crippen LogP contribution in [-0.2, 0) is 3.08 Å². The predicted octanol–water partition coefficient (Wildman–Crippen LogP) is 0.987. The minimum atomic E-state index is -1.20. The van der Waals surface area contributed by atoms with Crippen LogP contribution in [0.15, 0.2) is 0 Å². The minimum absolute atomic E-state index is 1.05. The molecule has 0 aliphatic rings. The first-order valence-electron chi connectivity index (χ1n) is 2.35. The molecule has 0 aliphatic carbocycles. The third-order valence-corrected chi connectivity index (χ3v) is 2.51. The SMILES string of the molecule is CCC[CH2][SnH]=[O]. The summed E-state index contributed by atoms with van der Waals surface area (Å²) >= 11 is -1.20. The zero-order valence-corrected chi connectivity index (χ0v) is 7.40. The monoisotopic (exact) mass is 194 g/mol. The Bertz CT molecular complexity index is 36.5. The van der Waals surface area contributed by atoms with Crippen LogP contribution in [0, 0.1) is 0 Å². The summed E-state index contributed by atoms with van der Waals surface area (Å²) in [6.07, 6.45) is 2.39. The van der Waals surface area contributed by atoms with Crippen molar-refractivity contribution in [2.75, 3.05) is 0 Å². The molecule has 0 N–H and O–H groups in total. The van der Waals surface area contributed by atoms with Gasteiger partial charge in [0, 0.05) is 0 Å². The fourth-order valence-corrected chi connectivity index (χ4v) is 1.93. The van der Waals surface area contributed by atoms with Crippen molar-refractivity contribution < 1.29 is 3.08 Å². The fourth-order valence-electron chi connectivity index (χ4n) is 0.287. The predicted molar refractivity (Wildman–Crippen MR) is 27.6 cm³/mol. The Morgan fingerprint density at radius 1 is 1.67 bits per heavy atom. The normalized spacial score (nSPS) is 8.17. The van der Waals surface area contributed by atoms with Gasteiger partial charge in [-0.25, -0.2) is 0 Å². The second-order valence-corrected chi connectivity index (χ2v) is 3.91. The van der Waals surface area contributed by atoms with E-state index in [0.717, 1.165) is 4.44 Å². The molecule has 0 aromatic carbocycles. The number of hydrogen-bond donors (Lipinski definition) is 0. The van der Waals surface area contributed by atoms with Gasteiger partial charge in [-0.05, 0) is 0 Å². The Balaban J connectivity index is 2.49. The summed E-state index contributed by atoms with van der Waals surface area (Å²) in [5, 5.41) is 0. The van der Waals surface area contributed by atoms with Crippen LogP contribution in [0.2, 0.25) is 4.44 Å². The quantitative estimate of drug-likeness (QED) is 0.482. The summed E-state index contributed by atoms with van der Waals surface area (Å²) in [5.41, 5.74) is 0. The third kappa shape index (κ3) is 4.60. The van der Waals surface area contributed by atoms with Crippen LogP contribution in [0.4, 0.5) is 0 Å². The molecule has 0 aromatic rings. The molecule has 0 aliphatic heterocycles. The van der Waals surface area contributed by atoms with Gasteiger partial charge < -0.3 is 0 Å². The summed E-state index contributed by atoms with van der Waals surface area (Å²) in [4.78, 5) is 0. The van der Waals surface area contributed by atoms with E-state index in [1.54, 1.807) is 0 Å². The summed E-state index contributed by atoms with van der Waals surface area (Å²) in [7, 11) is 0. The summed E-state index contributed by atoms with van der Waals surface area (Å²) < 4.78 is 10.9. The second kappa shape index (κ2) is 5.60. The number of hydrogen-bond acceptors (Lipinski definition) is 1. The summed E-state index contributed by atoms with van der Waals surface area (Å²) in [5.74, 6) is 0. The van der Waals surface area contributed by atoms with E-state index >= 15 is 0 Å². The summed E-state index contributed by atoms with van der Waals surface area (Å²) in [6, 6.07) is 0. The molecule has 0 aromatic heterocycles. The van der Waals surface area contributed by atoms with Crippen LogP contribution in [0.25, 0.3) is 0 Å². The van der Waals surface area contributed by atoms with Gasteiger partial charge in [-0.3, -0.25) is 0 Å². The average Bonchev–Trinajstić information content (AvgIpc) is 1.61. The van der Waals surface area contributed by atoms with E-state index < -0.39 is 21.1 Å². The molecule has 0 unspecified atom stereocenters. The van der Waals surface area contributed by atoms with Gasteiger partial charge in [0.2, 0.25) is 0 Å². The molecule has 0 amide bonds. The molecule has 0 saturated heterocycles. The van der Waals surface area contributed by atoms with Crippen LogP contribution in [-0.4, -0.2) is 21.1 Å². The number of unbranched alkanes of at least 4 members (excludes halogenated alkanes) is 1. The Kier molecular flexibility index (Phi) is 6.16. The molecular formula is C4H10OSn. The zero-order valence-electron chi connectivity index (χ0n) is 4.11. The van der Waals surface area contributed by atoms with E-state index in [4.69, 9.17) is 0 Å². The van der Waals surface area contributed by atoms with Crippen molar-refractivity contribution in [1.82, 2.24) is 0 Å². The molecule has 0 spiro atoms. The van der Waals surface area contributed by atoms with Gasteiger partial charge >= 0.3 is 48.4 Å². The van der Waals surface area contributed by atoms with Crippen molar-refractivity contribution in [3.8, 4) is 0 Å². The molecule has 0 heterocycles. The Morgan fingerprint density at radius 3 is 2.50 bits per heavy atom. The van der Waals surface area contributed by atoms with Gasteiger partial charge in [0.1, 0.15) is 0 Å².